The topological polar surface area (TPSA) is 105 Å². The summed E-state index contributed by atoms with van der Waals surface area (Å²) < 4.78 is 5.63. The molecule has 3 atom stereocenters. The average molecular weight is 479 g/mol. The van der Waals surface area contributed by atoms with Crippen molar-refractivity contribution in [1.29, 1.82) is 0 Å². The van der Waals surface area contributed by atoms with E-state index in [9.17, 15) is 14.4 Å². The minimum atomic E-state index is -0.910. The van der Waals surface area contributed by atoms with Crippen molar-refractivity contribution in [1.82, 2.24) is 10.6 Å². The second-order valence-electron chi connectivity index (χ2n) is 9.62. The largest absolute Gasteiger partial charge is 0.481 e. The third-order valence-corrected chi connectivity index (χ3v) is 7.14. The summed E-state index contributed by atoms with van der Waals surface area (Å²) in [6, 6.07) is 15.9. The molecule has 1 unspecified atom stereocenters. The molecule has 0 aromatic heterocycles. The van der Waals surface area contributed by atoms with E-state index in [1.165, 1.54) is 11.1 Å². The number of ether oxygens (including phenoxy) is 1. The van der Waals surface area contributed by atoms with Gasteiger partial charge in [0, 0.05) is 23.9 Å². The summed E-state index contributed by atoms with van der Waals surface area (Å²) in [5.41, 5.74) is 4.69. The molecule has 4 rings (SSSR count). The number of nitrogens with one attached hydrogen (secondary N) is 2. The molecule has 2 amide bonds. The van der Waals surface area contributed by atoms with Gasteiger partial charge in [-0.15, -0.1) is 0 Å². The van der Waals surface area contributed by atoms with Crippen LogP contribution in [0.5, 0.6) is 0 Å². The van der Waals surface area contributed by atoms with Gasteiger partial charge in [-0.2, -0.15) is 0 Å². The molecular formula is C28H34N2O5. The minimum Gasteiger partial charge on any atom is -0.481 e. The van der Waals surface area contributed by atoms with Crippen LogP contribution in [0.3, 0.4) is 0 Å². The van der Waals surface area contributed by atoms with Gasteiger partial charge in [0.05, 0.1) is 6.42 Å². The van der Waals surface area contributed by atoms with Gasteiger partial charge in [0.2, 0.25) is 5.91 Å². The predicted molar refractivity (Wildman–Crippen MR) is 133 cm³/mol. The normalized spacial score (nSPS) is 19.5. The number of fused-ring (bicyclic) bond motifs is 3. The Morgan fingerprint density at radius 2 is 1.69 bits per heavy atom. The van der Waals surface area contributed by atoms with Crippen LogP contribution < -0.4 is 10.6 Å². The summed E-state index contributed by atoms with van der Waals surface area (Å²) in [6.07, 6.45) is 3.82. The zero-order valence-corrected chi connectivity index (χ0v) is 20.2. The molecule has 3 N–H and O–H groups in total. The van der Waals surface area contributed by atoms with Crippen LogP contribution in [0, 0.1) is 5.92 Å². The van der Waals surface area contributed by atoms with E-state index in [1.807, 2.05) is 31.2 Å². The Labute approximate surface area is 206 Å². The Hall–Kier alpha value is -3.35. The first-order valence-electron chi connectivity index (χ1n) is 12.6. The first kappa shape index (κ1) is 24.8. The summed E-state index contributed by atoms with van der Waals surface area (Å²) in [5.74, 6) is -1.26. The molecule has 1 saturated carbocycles. The van der Waals surface area contributed by atoms with Gasteiger partial charge in [0.1, 0.15) is 6.61 Å². The molecule has 7 heteroatoms. The van der Waals surface area contributed by atoms with E-state index in [-0.39, 0.29) is 42.9 Å². The minimum absolute atomic E-state index is 0.00421. The molecule has 0 heterocycles. The number of carboxylic acid groups (broad SMARTS) is 1. The van der Waals surface area contributed by atoms with Gasteiger partial charge < -0.3 is 20.5 Å². The fourth-order valence-electron chi connectivity index (χ4n) is 5.36. The van der Waals surface area contributed by atoms with Gasteiger partial charge in [-0.25, -0.2) is 4.79 Å². The highest BCUT2D eigenvalue weighted by molar-refractivity contribution is 5.81. The lowest BCUT2D eigenvalue weighted by Gasteiger charge is -2.20. The number of amides is 2. The van der Waals surface area contributed by atoms with Gasteiger partial charge in [-0.05, 0) is 47.9 Å². The standard InChI is InChI=1S/C28H34N2O5/c1-2-3-8-19(16-26(31)32)29-27(33)18-13-14-20(15-18)30-28(34)35-17-25-23-11-6-4-9-21(23)22-10-5-7-12-24(22)25/h4-7,9-12,18-20,25H,2-3,8,13-17H2,1H3,(H,29,33)(H,30,34)(H,31,32)/t18-,19?,20+/m0/s1. The van der Waals surface area contributed by atoms with E-state index < -0.39 is 12.1 Å². The molecular weight excluding hydrogens is 444 g/mol. The van der Waals surface area contributed by atoms with Crippen molar-refractivity contribution < 1.29 is 24.2 Å². The molecule has 2 aliphatic carbocycles. The molecule has 0 radical (unpaired) electrons. The fourth-order valence-corrected chi connectivity index (χ4v) is 5.36. The number of rotatable bonds is 10. The van der Waals surface area contributed by atoms with Gasteiger partial charge >= 0.3 is 12.1 Å². The number of alkyl carbamates (subject to hydrolysis) is 1. The van der Waals surface area contributed by atoms with E-state index >= 15 is 0 Å². The van der Waals surface area contributed by atoms with Crippen molar-refractivity contribution in [3.8, 4) is 11.1 Å². The highest BCUT2D eigenvalue weighted by Crippen LogP contribution is 2.44. The van der Waals surface area contributed by atoms with Crippen molar-refractivity contribution in [2.24, 2.45) is 5.92 Å². The highest BCUT2D eigenvalue weighted by Gasteiger charge is 2.33. The third kappa shape index (κ3) is 6.02. The Morgan fingerprint density at radius 3 is 2.31 bits per heavy atom. The van der Waals surface area contributed by atoms with E-state index in [4.69, 9.17) is 9.84 Å². The molecule has 2 aromatic carbocycles. The van der Waals surface area contributed by atoms with Gasteiger partial charge in [0.15, 0.2) is 0 Å². The fraction of sp³-hybridized carbons (Fsp3) is 0.464. The molecule has 0 saturated heterocycles. The van der Waals surface area contributed by atoms with E-state index in [1.54, 1.807) is 0 Å². The van der Waals surface area contributed by atoms with Crippen LogP contribution in [0.2, 0.25) is 0 Å². The number of carboxylic acids is 1. The molecule has 35 heavy (non-hydrogen) atoms. The van der Waals surface area contributed by atoms with Crippen LogP contribution in [0.1, 0.15) is 68.9 Å². The SMILES string of the molecule is CCCCC(CC(=O)O)NC(=O)[C@H]1CC[C@@H](NC(=O)OCC2c3ccccc3-c3ccccc32)C1. The van der Waals surface area contributed by atoms with Crippen LogP contribution in [0.25, 0.3) is 11.1 Å². The Kier molecular flexibility index (Phi) is 8.06. The predicted octanol–water partition coefficient (Wildman–Crippen LogP) is 4.84. The number of carbonyl (C=O) groups is 3. The zero-order valence-electron chi connectivity index (χ0n) is 20.2. The molecule has 0 bridgehead atoms. The quantitative estimate of drug-likeness (QED) is 0.453. The smallest absolute Gasteiger partial charge is 0.407 e. The lowest BCUT2D eigenvalue weighted by molar-refractivity contribution is -0.137. The third-order valence-electron chi connectivity index (χ3n) is 7.14. The number of unbranched alkanes of at least 4 members (excludes halogenated alkanes) is 1. The molecule has 7 nitrogen and oxygen atoms in total. The molecule has 186 valence electrons. The molecule has 0 aliphatic heterocycles. The van der Waals surface area contributed by atoms with Gasteiger partial charge in [-0.1, -0.05) is 68.3 Å². The van der Waals surface area contributed by atoms with Crippen molar-refractivity contribution in [2.75, 3.05) is 6.61 Å². The van der Waals surface area contributed by atoms with Crippen LogP contribution in [-0.4, -0.2) is 41.8 Å². The number of aliphatic carboxylic acids is 1. The Morgan fingerprint density at radius 1 is 1.03 bits per heavy atom. The second-order valence-corrected chi connectivity index (χ2v) is 9.62. The first-order chi connectivity index (χ1) is 17.0. The Balaban J connectivity index is 1.27. The van der Waals surface area contributed by atoms with Gasteiger partial charge in [0.25, 0.3) is 0 Å². The summed E-state index contributed by atoms with van der Waals surface area (Å²) in [7, 11) is 0. The number of hydrogen-bond donors (Lipinski definition) is 3. The lowest BCUT2D eigenvalue weighted by Crippen LogP contribution is -2.40. The van der Waals surface area contributed by atoms with Crippen molar-refractivity contribution in [2.45, 2.75) is 69.9 Å². The van der Waals surface area contributed by atoms with Crippen LogP contribution in [-0.2, 0) is 14.3 Å². The molecule has 1 fully saturated rings. The van der Waals surface area contributed by atoms with E-state index in [0.717, 1.165) is 24.0 Å². The molecule has 2 aromatic rings. The maximum Gasteiger partial charge on any atom is 0.407 e. The van der Waals surface area contributed by atoms with Crippen molar-refractivity contribution in [3.05, 3.63) is 59.7 Å². The molecule has 0 spiro atoms. The highest BCUT2D eigenvalue weighted by atomic mass is 16.5. The summed E-state index contributed by atoms with van der Waals surface area (Å²) in [4.78, 5) is 36.4. The van der Waals surface area contributed by atoms with Crippen LogP contribution in [0.15, 0.2) is 48.5 Å². The van der Waals surface area contributed by atoms with E-state index in [2.05, 4.69) is 34.9 Å². The van der Waals surface area contributed by atoms with Crippen LogP contribution in [0.4, 0.5) is 4.79 Å². The maximum absolute atomic E-state index is 12.7. The first-order valence-corrected chi connectivity index (χ1v) is 12.6. The average Bonchev–Trinajstić information content (AvgIpc) is 3.43. The summed E-state index contributed by atoms with van der Waals surface area (Å²) in [6.45, 7) is 2.29. The summed E-state index contributed by atoms with van der Waals surface area (Å²) in [5, 5.41) is 15.0. The van der Waals surface area contributed by atoms with E-state index in [0.29, 0.717) is 25.7 Å². The van der Waals surface area contributed by atoms with Crippen molar-refractivity contribution in [3.63, 3.8) is 0 Å². The van der Waals surface area contributed by atoms with Gasteiger partial charge in [-0.3, -0.25) is 9.59 Å². The number of benzene rings is 2. The number of hydrogen-bond acceptors (Lipinski definition) is 4. The summed E-state index contributed by atoms with van der Waals surface area (Å²) >= 11 is 0. The molecule has 2 aliphatic rings. The second kappa shape index (κ2) is 11.4. The van der Waals surface area contributed by atoms with Crippen LogP contribution >= 0.6 is 0 Å². The van der Waals surface area contributed by atoms with Crippen molar-refractivity contribution >= 4 is 18.0 Å². The number of carbonyl (C=O) groups excluding carboxylic acids is 2. The zero-order chi connectivity index (χ0) is 24.8. The monoisotopic (exact) mass is 478 g/mol. The maximum atomic E-state index is 12.7. The Bertz CT molecular complexity index is 1020. The lowest BCUT2D eigenvalue weighted by atomic mass is 9.98.